The van der Waals surface area contributed by atoms with E-state index in [1.165, 1.54) is 11.3 Å². The Morgan fingerprint density at radius 1 is 1.30 bits per heavy atom. The first-order chi connectivity index (χ1) is 9.68. The summed E-state index contributed by atoms with van der Waals surface area (Å²) in [6.45, 7) is 0.564. The number of sulfone groups is 1. The SMILES string of the molecule is O=S(=O)(c1cccs1)[C@H]1CSC[C@@H]1NCc1ccco1. The molecule has 0 bridgehead atoms. The van der Waals surface area contributed by atoms with Crippen LogP contribution in [-0.2, 0) is 16.4 Å². The van der Waals surface area contributed by atoms with Crippen molar-refractivity contribution in [3.05, 3.63) is 41.7 Å². The normalized spacial score (nSPS) is 23.2. The Kier molecular flexibility index (Phi) is 4.21. The fourth-order valence-corrected chi connectivity index (χ4v) is 7.30. The Morgan fingerprint density at radius 2 is 2.20 bits per heavy atom. The van der Waals surface area contributed by atoms with Gasteiger partial charge >= 0.3 is 0 Å². The van der Waals surface area contributed by atoms with Crippen molar-refractivity contribution in [1.29, 1.82) is 0 Å². The van der Waals surface area contributed by atoms with Crippen molar-refractivity contribution < 1.29 is 12.8 Å². The molecule has 2 atom stereocenters. The summed E-state index contributed by atoms with van der Waals surface area (Å²) in [6.07, 6.45) is 1.63. The maximum atomic E-state index is 12.6. The third-order valence-corrected chi connectivity index (χ3v) is 8.36. The standard InChI is InChI=1S/C13H15NO3S3/c15-20(16,13-4-2-6-19-13)12-9-18-8-11(12)14-7-10-3-1-5-17-10/h1-6,11-12,14H,7-9H2/t11-,12-/m0/s1. The lowest BCUT2D eigenvalue weighted by Crippen LogP contribution is -2.42. The van der Waals surface area contributed by atoms with Crippen molar-refractivity contribution in [2.45, 2.75) is 22.0 Å². The predicted octanol–water partition coefficient (Wildman–Crippen LogP) is 2.39. The van der Waals surface area contributed by atoms with Crippen molar-refractivity contribution in [3.63, 3.8) is 0 Å². The minimum atomic E-state index is -3.23. The van der Waals surface area contributed by atoms with Gasteiger partial charge < -0.3 is 9.73 Å². The van der Waals surface area contributed by atoms with E-state index in [9.17, 15) is 8.42 Å². The van der Waals surface area contributed by atoms with Crippen molar-refractivity contribution in [2.75, 3.05) is 11.5 Å². The molecule has 108 valence electrons. The van der Waals surface area contributed by atoms with Crippen LogP contribution in [0.2, 0.25) is 0 Å². The summed E-state index contributed by atoms with van der Waals surface area (Å²) < 4.78 is 30.9. The smallest absolute Gasteiger partial charge is 0.192 e. The van der Waals surface area contributed by atoms with E-state index in [1.807, 2.05) is 12.1 Å². The second kappa shape index (κ2) is 5.93. The molecule has 2 aromatic heterocycles. The number of nitrogens with one attached hydrogen (secondary N) is 1. The minimum Gasteiger partial charge on any atom is -0.468 e. The summed E-state index contributed by atoms with van der Waals surface area (Å²) >= 11 is 2.98. The number of thiophene rings is 1. The lowest BCUT2D eigenvalue weighted by atomic mass is 10.2. The topological polar surface area (TPSA) is 59.3 Å². The highest BCUT2D eigenvalue weighted by molar-refractivity contribution is 8.02. The van der Waals surface area contributed by atoms with Crippen LogP contribution in [0.4, 0.5) is 0 Å². The third kappa shape index (κ3) is 2.81. The van der Waals surface area contributed by atoms with E-state index in [0.29, 0.717) is 16.5 Å². The molecule has 1 aliphatic rings. The van der Waals surface area contributed by atoms with E-state index in [4.69, 9.17) is 4.42 Å². The molecule has 0 unspecified atom stereocenters. The summed E-state index contributed by atoms with van der Waals surface area (Å²) in [5.74, 6) is 2.29. The van der Waals surface area contributed by atoms with Crippen LogP contribution in [-0.4, -0.2) is 31.2 Å². The summed E-state index contributed by atoms with van der Waals surface area (Å²) in [4.78, 5) is 0. The van der Waals surface area contributed by atoms with Crippen molar-refractivity contribution in [3.8, 4) is 0 Å². The van der Waals surface area contributed by atoms with Crippen LogP contribution in [0.1, 0.15) is 5.76 Å². The Hall–Kier alpha value is -0.760. The van der Waals surface area contributed by atoms with Crippen LogP contribution in [0.15, 0.2) is 44.5 Å². The Morgan fingerprint density at radius 3 is 2.90 bits per heavy atom. The van der Waals surface area contributed by atoms with Gasteiger partial charge in [0.25, 0.3) is 0 Å². The summed E-state index contributed by atoms with van der Waals surface area (Å²) in [6, 6.07) is 7.16. The van der Waals surface area contributed by atoms with E-state index in [0.717, 1.165) is 11.5 Å². The first-order valence-corrected chi connectivity index (χ1v) is 9.87. The van der Waals surface area contributed by atoms with E-state index in [-0.39, 0.29) is 11.3 Å². The lowest BCUT2D eigenvalue weighted by molar-refractivity contribution is 0.454. The fraction of sp³-hybridized carbons (Fsp3) is 0.385. The van der Waals surface area contributed by atoms with Crippen LogP contribution in [0.3, 0.4) is 0 Å². The Balaban J connectivity index is 1.72. The lowest BCUT2D eigenvalue weighted by Gasteiger charge is -2.19. The highest BCUT2D eigenvalue weighted by Gasteiger charge is 2.39. The highest BCUT2D eigenvalue weighted by Crippen LogP contribution is 2.31. The van der Waals surface area contributed by atoms with Gasteiger partial charge in [-0.1, -0.05) is 6.07 Å². The number of hydrogen-bond acceptors (Lipinski definition) is 6. The molecule has 2 aromatic rings. The Bertz CT molecular complexity index is 634. The van der Waals surface area contributed by atoms with Gasteiger partial charge in [0.1, 0.15) is 9.97 Å². The number of rotatable bonds is 5. The van der Waals surface area contributed by atoms with E-state index >= 15 is 0 Å². The van der Waals surface area contributed by atoms with Gasteiger partial charge in [-0.05, 0) is 23.6 Å². The molecular formula is C13H15NO3S3. The van der Waals surface area contributed by atoms with Gasteiger partial charge in [-0.25, -0.2) is 8.42 Å². The largest absolute Gasteiger partial charge is 0.468 e. The van der Waals surface area contributed by atoms with Crippen molar-refractivity contribution >= 4 is 32.9 Å². The van der Waals surface area contributed by atoms with Gasteiger partial charge in [0, 0.05) is 17.5 Å². The second-order valence-corrected chi connectivity index (χ2v) is 9.04. The molecular weight excluding hydrogens is 314 g/mol. The first-order valence-electron chi connectivity index (χ1n) is 6.29. The zero-order valence-electron chi connectivity index (χ0n) is 10.7. The minimum absolute atomic E-state index is 0.0304. The van der Waals surface area contributed by atoms with Crippen LogP contribution in [0.5, 0.6) is 0 Å². The summed E-state index contributed by atoms with van der Waals surface area (Å²) in [7, 11) is -3.23. The van der Waals surface area contributed by atoms with Crippen LogP contribution in [0.25, 0.3) is 0 Å². The predicted molar refractivity (Wildman–Crippen MR) is 82.0 cm³/mol. The van der Waals surface area contributed by atoms with Crippen LogP contribution >= 0.6 is 23.1 Å². The van der Waals surface area contributed by atoms with E-state index < -0.39 is 9.84 Å². The summed E-state index contributed by atoms with van der Waals surface area (Å²) in [5.41, 5.74) is 0. The molecule has 0 aromatic carbocycles. The van der Waals surface area contributed by atoms with Gasteiger partial charge in [-0.15, -0.1) is 11.3 Å². The van der Waals surface area contributed by atoms with Gasteiger partial charge in [0.2, 0.25) is 0 Å². The van der Waals surface area contributed by atoms with Gasteiger partial charge in [-0.3, -0.25) is 0 Å². The van der Waals surface area contributed by atoms with E-state index in [1.54, 1.807) is 35.5 Å². The maximum absolute atomic E-state index is 12.6. The first kappa shape index (κ1) is 14.2. The van der Waals surface area contributed by atoms with Gasteiger partial charge in [-0.2, -0.15) is 11.8 Å². The quantitative estimate of drug-likeness (QED) is 0.913. The molecule has 0 saturated carbocycles. The van der Waals surface area contributed by atoms with Crippen LogP contribution in [0, 0.1) is 0 Å². The number of furan rings is 1. The molecule has 3 heterocycles. The van der Waals surface area contributed by atoms with Crippen molar-refractivity contribution in [1.82, 2.24) is 5.32 Å². The molecule has 20 heavy (non-hydrogen) atoms. The average molecular weight is 329 g/mol. The monoisotopic (exact) mass is 329 g/mol. The van der Waals surface area contributed by atoms with Gasteiger partial charge in [0.05, 0.1) is 18.1 Å². The summed E-state index contributed by atoms with van der Waals surface area (Å²) in [5, 5.41) is 4.76. The molecule has 1 fully saturated rings. The molecule has 4 nitrogen and oxygen atoms in total. The average Bonchev–Trinajstić information content (AvgIpc) is 3.17. The third-order valence-electron chi connectivity index (χ3n) is 3.32. The Labute approximate surface area is 126 Å². The molecule has 1 aliphatic heterocycles. The molecule has 0 spiro atoms. The van der Waals surface area contributed by atoms with Gasteiger partial charge in [0.15, 0.2) is 9.84 Å². The zero-order valence-corrected chi connectivity index (χ0v) is 13.1. The molecule has 0 aliphatic carbocycles. The molecule has 1 saturated heterocycles. The molecule has 0 amide bonds. The molecule has 3 rings (SSSR count). The fourth-order valence-electron chi connectivity index (χ4n) is 2.25. The number of hydrogen-bond donors (Lipinski definition) is 1. The zero-order chi connectivity index (χ0) is 14.0. The molecule has 1 N–H and O–H groups in total. The van der Waals surface area contributed by atoms with E-state index in [2.05, 4.69) is 5.32 Å². The number of thioether (sulfide) groups is 1. The molecule has 7 heteroatoms. The second-order valence-electron chi connectivity index (χ2n) is 4.62. The molecule has 0 radical (unpaired) electrons. The van der Waals surface area contributed by atoms with Crippen LogP contribution < -0.4 is 5.32 Å². The van der Waals surface area contributed by atoms with Crippen molar-refractivity contribution in [2.24, 2.45) is 0 Å². The maximum Gasteiger partial charge on any atom is 0.192 e. The highest BCUT2D eigenvalue weighted by atomic mass is 32.2.